The zero-order chi connectivity index (χ0) is 7.84. The van der Waals surface area contributed by atoms with Crippen LogP contribution in [0.4, 0.5) is 8.78 Å². The van der Waals surface area contributed by atoms with Gasteiger partial charge in [-0.2, -0.15) is 0 Å². The van der Waals surface area contributed by atoms with Gasteiger partial charge < -0.3 is 0 Å². The van der Waals surface area contributed by atoms with Crippen molar-refractivity contribution in [1.82, 2.24) is 0 Å². The maximum atomic E-state index is 12.8. The van der Waals surface area contributed by atoms with Crippen LogP contribution in [-0.4, -0.2) is 0 Å². The average Bonchev–Trinajstić information content (AvgIpc) is 2.45. The monoisotopic (exact) mass is 169 g/mol. The number of hydrogen-bond acceptors (Lipinski definition) is 1. The summed E-state index contributed by atoms with van der Waals surface area (Å²) in [4.78, 5) is 0. The van der Waals surface area contributed by atoms with Crippen molar-refractivity contribution in [2.75, 3.05) is 0 Å². The smallest absolute Gasteiger partial charge is 0.167 e. The maximum absolute atomic E-state index is 12.8. The van der Waals surface area contributed by atoms with Crippen LogP contribution in [0.5, 0.6) is 0 Å². The van der Waals surface area contributed by atoms with Gasteiger partial charge in [-0.25, -0.2) is 8.78 Å². The number of fused-ring (bicyclic) bond motifs is 1. The minimum atomic E-state index is -0.802. The lowest BCUT2D eigenvalue weighted by atomic mass is 10.2. The molecule has 0 fully saturated rings. The molecule has 1 aromatic carbocycles. The first-order chi connectivity index (χ1) is 5.29. The number of rotatable bonds is 0. The van der Waals surface area contributed by atoms with Gasteiger partial charge in [-0.05, 0) is 18.2 Å². The van der Waals surface area contributed by atoms with Gasteiger partial charge in [-0.15, -0.1) is 11.3 Å². The lowest BCUT2D eigenvalue weighted by Crippen LogP contribution is -1.81. The molecule has 1 heterocycles. The quantitative estimate of drug-likeness (QED) is 0.568. The summed E-state index contributed by atoms with van der Waals surface area (Å²) in [5, 5.41) is 3.06. The molecule has 0 amide bonds. The van der Waals surface area contributed by atoms with Gasteiger partial charge in [0.25, 0.3) is 0 Å². The van der Waals surface area contributed by atoms with E-state index < -0.39 is 11.6 Å². The Kier molecular flexibility index (Phi) is 1.39. The molecule has 0 spiro atoms. The molecule has 0 nitrogen and oxygen atoms in total. The van der Waals surface area contributed by atoms with E-state index in [0.717, 1.165) is 10.8 Å². The van der Waals surface area contributed by atoms with Crippen LogP contribution >= 0.6 is 11.3 Å². The summed E-state index contributed by atoms with van der Waals surface area (Å²) in [5.41, 5.74) is 0. The van der Waals surface area contributed by atoms with Gasteiger partial charge >= 0.3 is 0 Å². The van der Waals surface area contributed by atoms with Crippen molar-refractivity contribution in [2.45, 2.75) is 0 Å². The van der Waals surface area contributed by atoms with Crippen molar-refractivity contribution >= 4 is 21.4 Å². The minimum Gasteiger partial charge on any atom is -0.204 e. The van der Waals surface area contributed by atoms with Gasteiger partial charge in [0.2, 0.25) is 0 Å². The highest BCUT2D eigenvalue weighted by Crippen LogP contribution is 2.24. The molecule has 11 heavy (non-hydrogen) atoms. The summed E-state index contributed by atoms with van der Waals surface area (Å²) in [5.74, 6) is -1.58. The molecule has 0 saturated carbocycles. The Morgan fingerprint density at radius 3 is 2.91 bits per heavy atom. The highest BCUT2D eigenvalue weighted by Gasteiger charge is 2.06. The summed E-state index contributed by atoms with van der Waals surface area (Å²) in [6, 6.07) is 4.13. The van der Waals surface area contributed by atoms with Crippen LogP contribution in [-0.2, 0) is 0 Å². The molecule has 0 aliphatic rings. The fraction of sp³-hybridized carbons (Fsp3) is 0. The molecule has 0 unspecified atom stereocenters. The van der Waals surface area contributed by atoms with Gasteiger partial charge in [-0.1, -0.05) is 0 Å². The number of hydrogen-bond donors (Lipinski definition) is 0. The van der Waals surface area contributed by atoms with Crippen LogP contribution < -0.4 is 0 Å². The molecule has 1 aromatic heterocycles. The van der Waals surface area contributed by atoms with Gasteiger partial charge in [0.1, 0.15) is 0 Å². The summed E-state index contributed by atoms with van der Waals surface area (Å²) in [7, 11) is 0. The van der Waals surface area contributed by atoms with E-state index in [4.69, 9.17) is 0 Å². The van der Waals surface area contributed by atoms with Crippen molar-refractivity contribution in [3.63, 3.8) is 0 Å². The Bertz CT molecular complexity index is 392. The van der Waals surface area contributed by atoms with Crippen LogP contribution in [0.2, 0.25) is 0 Å². The van der Waals surface area contributed by atoms with Gasteiger partial charge in [0.05, 0.1) is 0 Å². The highest BCUT2D eigenvalue weighted by molar-refractivity contribution is 7.16. The summed E-state index contributed by atoms with van der Waals surface area (Å²) >= 11 is 1.28. The molecule has 0 atom stereocenters. The molecule has 0 bridgehead atoms. The fourth-order valence-corrected chi connectivity index (χ4v) is 1.62. The third kappa shape index (κ3) is 0.922. The van der Waals surface area contributed by atoms with Gasteiger partial charge in [-0.3, -0.25) is 0 Å². The van der Waals surface area contributed by atoms with Crippen molar-refractivity contribution in [2.24, 2.45) is 0 Å². The van der Waals surface area contributed by atoms with Crippen LogP contribution in [0, 0.1) is 17.0 Å². The first-order valence-corrected chi connectivity index (χ1v) is 3.84. The fourth-order valence-electron chi connectivity index (χ4n) is 0.924. The van der Waals surface area contributed by atoms with E-state index in [1.807, 2.05) is 0 Å². The molecule has 1 radical (unpaired) electrons. The van der Waals surface area contributed by atoms with E-state index in [2.05, 4.69) is 5.38 Å². The number of thiophene rings is 1. The van der Waals surface area contributed by atoms with E-state index in [-0.39, 0.29) is 0 Å². The first kappa shape index (κ1) is 6.73. The van der Waals surface area contributed by atoms with E-state index in [1.165, 1.54) is 17.4 Å². The molecule has 0 aliphatic heterocycles. The third-order valence-electron chi connectivity index (χ3n) is 1.46. The van der Waals surface area contributed by atoms with E-state index >= 15 is 0 Å². The lowest BCUT2D eigenvalue weighted by Gasteiger charge is -1.92. The number of benzene rings is 1. The summed E-state index contributed by atoms with van der Waals surface area (Å²) < 4.78 is 26.1. The van der Waals surface area contributed by atoms with Gasteiger partial charge in [0, 0.05) is 15.5 Å². The van der Waals surface area contributed by atoms with E-state index in [1.54, 1.807) is 6.07 Å². The minimum absolute atomic E-state index is 0.315. The predicted octanol–water partition coefficient (Wildman–Crippen LogP) is 2.98. The van der Waals surface area contributed by atoms with Crippen LogP contribution in [0.3, 0.4) is 0 Å². The van der Waals surface area contributed by atoms with Crippen molar-refractivity contribution in [3.05, 3.63) is 35.2 Å². The maximum Gasteiger partial charge on any atom is 0.167 e. The molecule has 3 heteroatoms. The standard InChI is InChI=1S/C8H3F2S/c9-6-1-2-7-5(8(6)10)3-4-11-7/h1-3H. The molecule has 55 valence electrons. The third-order valence-corrected chi connectivity index (χ3v) is 2.28. The van der Waals surface area contributed by atoms with Crippen LogP contribution in [0.1, 0.15) is 0 Å². The van der Waals surface area contributed by atoms with E-state index in [0.29, 0.717) is 5.39 Å². The second-order valence-corrected chi connectivity index (χ2v) is 3.02. The lowest BCUT2D eigenvalue weighted by molar-refractivity contribution is 0.517. The Morgan fingerprint density at radius 2 is 2.09 bits per heavy atom. The van der Waals surface area contributed by atoms with Crippen molar-refractivity contribution in [1.29, 1.82) is 0 Å². The molecular weight excluding hydrogens is 166 g/mol. The molecule has 0 aliphatic carbocycles. The molecule has 0 saturated heterocycles. The normalized spacial score (nSPS) is 10.7. The Labute approximate surface area is 66.1 Å². The molecule has 2 aromatic rings. The van der Waals surface area contributed by atoms with Crippen molar-refractivity contribution < 1.29 is 8.78 Å². The van der Waals surface area contributed by atoms with E-state index in [9.17, 15) is 8.78 Å². The SMILES string of the molecule is Fc1ccc2s[c]cc2c1F. The Hall–Kier alpha value is -0.960. The molecule has 0 N–H and O–H groups in total. The summed E-state index contributed by atoms with van der Waals surface area (Å²) in [6.07, 6.45) is 0. The average molecular weight is 169 g/mol. The zero-order valence-corrected chi connectivity index (χ0v) is 6.21. The van der Waals surface area contributed by atoms with Crippen LogP contribution in [0.25, 0.3) is 10.1 Å². The first-order valence-electron chi connectivity index (χ1n) is 3.02. The summed E-state index contributed by atoms with van der Waals surface area (Å²) in [6.45, 7) is 0. The molecule has 2 rings (SSSR count). The predicted molar refractivity (Wildman–Crippen MR) is 40.6 cm³/mol. The highest BCUT2D eigenvalue weighted by atomic mass is 32.1. The number of halogens is 2. The van der Waals surface area contributed by atoms with Crippen LogP contribution in [0.15, 0.2) is 18.2 Å². The second-order valence-electron chi connectivity index (χ2n) is 2.14. The molecular formula is C8H3F2S. The van der Waals surface area contributed by atoms with Crippen molar-refractivity contribution in [3.8, 4) is 0 Å². The largest absolute Gasteiger partial charge is 0.204 e. The Morgan fingerprint density at radius 1 is 1.27 bits per heavy atom. The van der Waals surface area contributed by atoms with Gasteiger partial charge in [0.15, 0.2) is 11.6 Å². The zero-order valence-electron chi connectivity index (χ0n) is 5.40. The Balaban J connectivity index is 2.93. The second kappa shape index (κ2) is 2.27. The topological polar surface area (TPSA) is 0 Å².